The van der Waals surface area contributed by atoms with Gasteiger partial charge in [-0.2, -0.15) is 0 Å². The van der Waals surface area contributed by atoms with Crippen LogP contribution in [-0.4, -0.2) is 78.5 Å². The van der Waals surface area contributed by atoms with Crippen LogP contribution in [0.3, 0.4) is 0 Å². The average Bonchev–Trinajstić information content (AvgIpc) is 3.22. The maximum absolute atomic E-state index is 13.2. The number of carbonyl (C=O) groups is 1. The first kappa shape index (κ1) is 24.2. The predicted octanol–water partition coefficient (Wildman–Crippen LogP) is 3.70. The Morgan fingerprint density at radius 1 is 1.06 bits per heavy atom. The fourth-order valence-electron chi connectivity index (χ4n) is 5.22. The Balaban J connectivity index is 1.19. The second kappa shape index (κ2) is 10.6. The molecule has 2 saturated heterocycles. The molecule has 8 heteroatoms. The number of fused-ring (bicyclic) bond motifs is 1. The van der Waals surface area contributed by atoms with Crippen molar-refractivity contribution in [3.8, 4) is 0 Å². The first-order valence-corrected chi connectivity index (χ1v) is 13.5. The lowest BCUT2D eigenvalue weighted by molar-refractivity contribution is 0.0938. The van der Waals surface area contributed by atoms with E-state index in [1.54, 1.807) is 6.33 Å². The van der Waals surface area contributed by atoms with Gasteiger partial charge in [0.1, 0.15) is 17.0 Å². The number of aromatic nitrogens is 2. The molecule has 2 aliphatic heterocycles. The van der Waals surface area contributed by atoms with Crippen LogP contribution in [0, 0.1) is 19.8 Å². The van der Waals surface area contributed by atoms with E-state index in [0.29, 0.717) is 5.92 Å². The number of nitrogens with zero attached hydrogens (tertiary/aromatic N) is 5. The van der Waals surface area contributed by atoms with E-state index in [2.05, 4.69) is 68.2 Å². The van der Waals surface area contributed by atoms with Crippen LogP contribution >= 0.6 is 11.3 Å². The van der Waals surface area contributed by atoms with Gasteiger partial charge in [-0.3, -0.25) is 9.69 Å². The van der Waals surface area contributed by atoms with E-state index in [9.17, 15) is 4.79 Å². The van der Waals surface area contributed by atoms with Crippen LogP contribution in [0.25, 0.3) is 10.2 Å². The van der Waals surface area contributed by atoms with Crippen molar-refractivity contribution in [2.75, 3.05) is 57.8 Å². The summed E-state index contributed by atoms with van der Waals surface area (Å²) in [6.45, 7) is 12.1. The van der Waals surface area contributed by atoms with Crippen molar-refractivity contribution in [3.05, 3.63) is 52.2 Å². The van der Waals surface area contributed by atoms with Gasteiger partial charge in [-0.05, 0) is 69.4 Å². The number of anilines is 1. The Morgan fingerprint density at radius 2 is 1.80 bits per heavy atom. The van der Waals surface area contributed by atoms with Crippen molar-refractivity contribution in [1.82, 2.24) is 25.1 Å². The van der Waals surface area contributed by atoms with Gasteiger partial charge >= 0.3 is 0 Å². The molecule has 0 atom stereocenters. The summed E-state index contributed by atoms with van der Waals surface area (Å²) in [5.41, 5.74) is 3.78. The zero-order chi connectivity index (χ0) is 24.4. The van der Waals surface area contributed by atoms with Crippen molar-refractivity contribution in [2.45, 2.75) is 33.2 Å². The third-order valence-corrected chi connectivity index (χ3v) is 8.83. The van der Waals surface area contributed by atoms with E-state index in [1.165, 1.54) is 22.5 Å². The van der Waals surface area contributed by atoms with Crippen LogP contribution in [0.4, 0.5) is 5.82 Å². The van der Waals surface area contributed by atoms with Crippen LogP contribution in [0.1, 0.15) is 39.2 Å². The summed E-state index contributed by atoms with van der Waals surface area (Å²) in [4.78, 5) is 31.2. The lowest BCUT2D eigenvalue weighted by Crippen LogP contribution is -2.44. The number of piperidine rings is 1. The van der Waals surface area contributed by atoms with Gasteiger partial charge in [0.15, 0.2) is 0 Å². The molecule has 186 valence electrons. The SMILES string of the molecule is Cc1ccccc1CN1CCC(CNC(=O)c2sc3ncnc(N4CCN(C)CC4)c3c2C)CC1. The smallest absolute Gasteiger partial charge is 0.261 e. The third-order valence-electron chi connectivity index (χ3n) is 7.63. The lowest BCUT2D eigenvalue weighted by atomic mass is 9.96. The van der Waals surface area contributed by atoms with E-state index in [-0.39, 0.29) is 5.91 Å². The van der Waals surface area contributed by atoms with E-state index in [0.717, 1.165) is 91.7 Å². The first-order chi connectivity index (χ1) is 17.0. The molecule has 1 aromatic carbocycles. The van der Waals surface area contributed by atoms with Crippen molar-refractivity contribution < 1.29 is 4.79 Å². The normalized spacial score (nSPS) is 18.3. The fraction of sp³-hybridized carbons (Fsp3) is 0.519. The molecule has 0 bridgehead atoms. The number of amides is 1. The van der Waals surface area contributed by atoms with Gasteiger partial charge in [0, 0.05) is 39.3 Å². The van der Waals surface area contributed by atoms with Crippen LogP contribution in [-0.2, 0) is 6.54 Å². The molecule has 0 aliphatic carbocycles. The van der Waals surface area contributed by atoms with Crippen LogP contribution in [0.15, 0.2) is 30.6 Å². The Hall–Kier alpha value is -2.55. The predicted molar refractivity (Wildman–Crippen MR) is 143 cm³/mol. The molecule has 4 heterocycles. The molecule has 2 aromatic heterocycles. The molecule has 1 amide bonds. The third kappa shape index (κ3) is 5.34. The molecule has 2 aliphatic rings. The lowest BCUT2D eigenvalue weighted by Gasteiger charge is -2.33. The zero-order valence-corrected chi connectivity index (χ0v) is 21.9. The molecular weight excluding hydrogens is 456 g/mol. The molecule has 0 radical (unpaired) electrons. The minimum Gasteiger partial charge on any atom is -0.353 e. The summed E-state index contributed by atoms with van der Waals surface area (Å²) in [6, 6.07) is 8.65. The minimum absolute atomic E-state index is 0.0252. The summed E-state index contributed by atoms with van der Waals surface area (Å²) in [6.07, 6.45) is 3.88. The molecule has 0 spiro atoms. The number of likely N-dealkylation sites (N-methyl/N-ethyl adjacent to an activating group) is 1. The Bertz CT molecular complexity index is 1180. The Kier molecular flexibility index (Phi) is 7.32. The molecule has 5 rings (SSSR count). The largest absolute Gasteiger partial charge is 0.353 e. The van der Waals surface area contributed by atoms with Gasteiger partial charge in [-0.15, -0.1) is 11.3 Å². The van der Waals surface area contributed by atoms with Crippen LogP contribution in [0.5, 0.6) is 0 Å². The number of thiophene rings is 1. The summed E-state index contributed by atoms with van der Waals surface area (Å²) in [5.74, 6) is 1.52. The van der Waals surface area contributed by atoms with E-state index in [4.69, 9.17) is 0 Å². The van der Waals surface area contributed by atoms with Crippen molar-refractivity contribution in [1.29, 1.82) is 0 Å². The number of carbonyl (C=O) groups excluding carboxylic acids is 1. The summed E-state index contributed by atoms with van der Waals surface area (Å²) in [7, 11) is 2.15. The highest BCUT2D eigenvalue weighted by atomic mass is 32.1. The quantitative estimate of drug-likeness (QED) is 0.566. The number of aryl methyl sites for hydroxylation is 2. The number of nitrogens with one attached hydrogen (secondary N) is 1. The highest BCUT2D eigenvalue weighted by Crippen LogP contribution is 2.35. The summed E-state index contributed by atoms with van der Waals surface area (Å²) < 4.78 is 0. The highest BCUT2D eigenvalue weighted by Gasteiger charge is 2.25. The van der Waals surface area contributed by atoms with E-state index >= 15 is 0 Å². The fourth-order valence-corrected chi connectivity index (χ4v) is 6.28. The molecule has 0 saturated carbocycles. The summed E-state index contributed by atoms with van der Waals surface area (Å²) in [5, 5.41) is 4.27. The number of piperazine rings is 1. The van der Waals surface area contributed by atoms with E-state index < -0.39 is 0 Å². The van der Waals surface area contributed by atoms with Gasteiger partial charge < -0.3 is 15.1 Å². The molecule has 0 unspecified atom stereocenters. The molecule has 1 N–H and O–H groups in total. The van der Waals surface area contributed by atoms with Gasteiger partial charge in [0.05, 0.1) is 10.3 Å². The highest BCUT2D eigenvalue weighted by molar-refractivity contribution is 7.20. The van der Waals surface area contributed by atoms with Gasteiger partial charge in [-0.1, -0.05) is 24.3 Å². The second-order valence-corrected chi connectivity index (χ2v) is 11.1. The standard InChI is InChI=1S/C27H36N6OS/c1-19-6-4-5-7-22(19)17-32-10-8-21(9-11-32)16-28-26(34)24-20(2)23-25(29-18-30-27(23)35-24)33-14-12-31(3)13-15-33/h4-7,18,21H,8-17H2,1-3H3,(H,28,34). The summed E-state index contributed by atoms with van der Waals surface area (Å²) >= 11 is 1.49. The molecule has 3 aromatic rings. The number of hydrogen-bond donors (Lipinski definition) is 1. The van der Waals surface area contributed by atoms with Crippen LogP contribution in [0.2, 0.25) is 0 Å². The maximum Gasteiger partial charge on any atom is 0.261 e. The second-order valence-electron chi connectivity index (χ2n) is 10.1. The Morgan fingerprint density at radius 3 is 2.54 bits per heavy atom. The molecule has 2 fully saturated rings. The number of benzene rings is 1. The zero-order valence-electron chi connectivity index (χ0n) is 21.1. The van der Waals surface area contributed by atoms with E-state index in [1.807, 2.05) is 6.92 Å². The molecule has 35 heavy (non-hydrogen) atoms. The maximum atomic E-state index is 13.2. The number of likely N-dealkylation sites (tertiary alicyclic amines) is 1. The topological polar surface area (TPSA) is 64.6 Å². The van der Waals surface area contributed by atoms with Gasteiger partial charge in [0.2, 0.25) is 0 Å². The van der Waals surface area contributed by atoms with Crippen LogP contribution < -0.4 is 10.2 Å². The average molecular weight is 493 g/mol. The Labute approximate surface area is 212 Å². The monoisotopic (exact) mass is 492 g/mol. The number of hydrogen-bond acceptors (Lipinski definition) is 7. The van der Waals surface area contributed by atoms with Gasteiger partial charge in [-0.25, -0.2) is 9.97 Å². The van der Waals surface area contributed by atoms with Gasteiger partial charge in [0.25, 0.3) is 5.91 Å². The molecule has 7 nitrogen and oxygen atoms in total. The first-order valence-electron chi connectivity index (χ1n) is 12.7. The van der Waals surface area contributed by atoms with Crippen molar-refractivity contribution in [3.63, 3.8) is 0 Å². The van der Waals surface area contributed by atoms with Crippen molar-refractivity contribution >= 4 is 33.3 Å². The minimum atomic E-state index is 0.0252. The van der Waals surface area contributed by atoms with Crippen molar-refractivity contribution in [2.24, 2.45) is 5.92 Å². The molecular formula is C27H36N6OS. The number of rotatable bonds is 6.